The van der Waals surface area contributed by atoms with Crippen molar-refractivity contribution in [3.05, 3.63) is 124 Å². The summed E-state index contributed by atoms with van der Waals surface area (Å²) in [7, 11) is 1.49. The lowest BCUT2D eigenvalue weighted by Crippen LogP contribution is -2.20. The Hall–Kier alpha value is -4.52. The summed E-state index contributed by atoms with van der Waals surface area (Å²) in [5.41, 5.74) is 1.82. The van der Waals surface area contributed by atoms with Gasteiger partial charge in [-0.1, -0.05) is 35.9 Å². The fraction of sp³-hybridized carbons (Fsp3) is 0.0645. The minimum atomic E-state index is -0.462. The van der Waals surface area contributed by atoms with Crippen molar-refractivity contribution in [3.63, 3.8) is 0 Å². The number of ether oxygens (including phenoxy) is 2. The largest absolute Gasteiger partial charge is 0.493 e. The van der Waals surface area contributed by atoms with Crippen molar-refractivity contribution < 1.29 is 18.8 Å². The van der Waals surface area contributed by atoms with Crippen molar-refractivity contribution in [3.8, 4) is 23.1 Å². The van der Waals surface area contributed by atoms with Crippen LogP contribution in [0.1, 0.15) is 11.1 Å². The van der Waals surface area contributed by atoms with Gasteiger partial charge in [0, 0.05) is 32.6 Å². The Balaban J connectivity index is 1.40. The molecule has 0 aliphatic carbocycles. The fourth-order valence-corrected chi connectivity index (χ4v) is 5.65. The highest BCUT2D eigenvalue weighted by Gasteiger charge is 2.19. The molecule has 0 N–H and O–H groups in total. The van der Waals surface area contributed by atoms with Gasteiger partial charge in [0.25, 0.3) is 11.2 Å². The SMILES string of the molecule is COc1cc(C=Nn2c(-c3cc4cc(Cl)ccc4o3)nc3ccccc3c2=O)c(Br)c(Br)c1OCc1cccc([N+](=O)[O-])c1. The highest BCUT2D eigenvalue weighted by atomic mass is 79.9. The topological polar surface area (TPSA) is 122 Å². The molecular weight excluding hydrogens is 720 g/mol. The van der Waals surface area contributed by atoms with Crippen LogP contribution in [0, 0.1) is 10.1 Å². The number of aromatic nitrogens is 2. The molecule has 6 rings (SSSR count). The zero-order valence-corrected chi connectivity index (χ0v) is 26.6. The van der Waals surface area contributed by atoms with Gasteiger partial charge in [0.15, 0.2) is 17.3 Å². The molecule has 44 heavy (non-hydrogen) atoms. The number of non-ortho nitro benzene ring substituents is 1. The highest BCUT2D eigenvalue weighted by Crippen LogP contribution is 2.43. The minimum Gasteiger partial charge on any atom is -0.493 e. The molecule has 0 unspecified atom stereocenters. The van der Waals surface area contributed by atoms with Crippen LogP contribution in [-0.4, -0.2) is 27.9 Å². The van der Waals surface area contributed by atoms with Gasteiger partial charge in [-0.3, -0.25) is 14.9 Å². The smallest absolute Gasteiger partial charge is 0.282 e. The van der Waals surface area contributed by atoms with E-state index in [1.807, 2.05) is 0 Å². The average molecular weight is 739 g/mol. The van der Waals surface area contributed by atoms with Crippen LogP contribution in [0.5, 0.6) is 11.5 Å². The van der Waals surface area contributed by atoms with Crippen LogP contribution >= 0.6 is 43.5 Å². The summed E-state index contributed by atoms with van der Waals surface area (Å²) < 4.78 is 19.9. The van der Waals surface area contributed by atoms with Crippen molar-refractivity contribution in [2.45, 2.75) is 6.61 Å². The maximum atomic E-state index is 13.7. The maximum Gasteiger partial charge on any atom is 0.282 e. The lowest BCUT2D eigenvalue weighted by atomic mass is 10.2. The third-order valence-corrected chi connectivity index (χ3v) is 9.02. The molecule has 0 amide bonds. The molecule has 4 aromatic carbocycles. The minimum absolute atomic E-state index is 0.0332. The molecule has 0 radical (unpaired) electrons. The quantitative estimate of drug-likeness (QED) is 0.0874. The molecule has 2 aromatic heterocycles. The van der Waals surface area contributed by atoms with Gasteiger partial charge >= 0.3 is 0 Å². The third kappa shape index (κ3) is 5.71. The fourth-order valence-electron chi connectivity index (χ4n) is 4.53. The molecule has 13 heteroatoms. The molecule has 0 saturated heterocycles. The van der Waals surface area contributed by atoms with Crippen LogP contribution in [0.25, 0.3) is 33.5 Å². The number of benzene rings is 4. The summed E-state index contributed by atoms with van der Waals surface area (Å²) >= 11 is 13.3. The molecule has 0 bridgehead atoms. The van der Waals surface area contributed by atoms with Crippen molar-refractivity contribution in [2.75, 3.05) is 7.11 Å². The number of hydrogen-bond acceptors (Lipinski definition) is 8. The van der Waals surface area contributed by atoms with Crippen LogP contribution in [0.15, 0.2) is 102 Å². The lowest BCUT2D eigenvalue weighted by Gasteiger charge is -2.15. The van der Waals surface area contributed by atoms with Crippen molar-refractivity contribution in [1.29, 1.82) is 0 Å². The Labute approximate surface area is 270 Å². The molecule has 2 heterocycles. The Morgan fingerprint density at radius 1 is 1.07 bits per heavy atom. The van der Waals surface area contributed by atoms with Crippen LogP contribution in [0.3, 0.4) is 0 Å². The van der Waals surface area contributed by atoms with E-state index < -0.39 is 4.92 Å². The normalized spacial score (nSPS) is 11.5. The van der Waals surface area contributed by atoms with Crippen molar-refractivity contribution in [1.82, 2.24) is 9.66 Å². The number of methoxy groups -OCH3 is 1. The number of nitro benzene ring substituents is 1. The Bertz CT molecular complexity index is 2180. The second-order valence-electron chi connectivity index (χ2n) is 9.45. The van der Waals surface area contributed by atoms with E-state index >= 15 is 0 Å². The van der Waals surface area contributed by atoms with Gasteiger partial charge in [-0.25, -0.2) is 4.98 Å². The third-order valence-electron chi connectivity index (χ3n) is 6.65. The standard InChI is InChI=1S/C31H19Br2ClN4O6/c1-42-25-14-19(27(32)28(33)29(25)43-16-17-5-4-6-21(11-17)38(40)41)15-35-37-30(36-23-8-3-2-7-22(23)31(37)39)26-13-18-12-20(34)9-10-24(18)44-26/h2-15H,16H2,1H3. The molecule has 0 fully saturated rings. The summed E-state index contributed by atoms with van der Waals surface area (Å²) in [6, 6.07) is 21.8. The first-order valence-electron chi connectivity index (χ1n) is 12.9. The number of halogens is 3. The number of para-hydroxylation sites is 1. The van der Waals surface area contributed by atoms with E-state index in [2.05, 4.69) is 37.0 Å². The van der Waals surface area contributed by atoms with Gasteiger partial charge in [0.1, 0.15) is 12.2 Å². The number of fused-ring (bicyclic) bond motifs is 2. The molecule has 0 spiro atoms. The van der Waals surface area contributed by atoms with Crippen molar-refractivity contribution in [2.24, 2.45) is 5.10 Å². The average Bonchev–Trinajstić information content (AvgIpc) is 3.45. The van der Waals surface area contributed by atoms with Crippen LogP contribution in [-0.2, 0) is 6.61 Å². The van der Waals surface area contributed by atoms with Gasteiger partial charge < -0.3 is 13.9 Å². The summed E-state index contributed by atoms with van der Waals surface area (Å²) in [6.45, 7) is 0.0563. The Morgan fingerprint density at radius 3 is 2.68 bits per heavy atom. The number of hydrogen-bond donors (Lipinski definition) is 0. The van der Waals surface area contributed by atoms with Crippen LogP contribution < -0.4 is 15.0 Å². The van der Waals surface area contributed by atoms with E-state index in [1.54, 1.807) is 66.7 Å². The molecule has 220 valence electrons. The van der Waals surface area contributed by atoms with E-state index in [0.29, 0.717) is 58.8 Å². The van der Waals surface area contributed by atoms with Gasteiger partial charge in [0.2, 0.25) is 5.82 Å². The van der Waals surface area contributed by atoms with Gasteiger partial charge in [-0.2, -0.15) is 9.78 Å². The van der Waals surface area contributed by atoms with Crippen LogP contribution in [0.4, 0.5) is 5.69 Å². The maximum absolute atomic E-state index is 13.7. The summed E-state index contributed by atoms with van der Waals surface area (Å²) in [5, 5.41) is 17.4. The molecule has 6 aromatic rings. The Morgan fingerprint density at radius 2 is 1.89 bits per heavy atom. The van der Waals surface area contributed by atoms with E-state index in [-0.39, 0.29) is 23.7 Å². The highest BCUT2D eigenvalue weighted by molar-refractivity contribution is 9.13. The second kappa shape index (κ2) is 12.2. The molecule has 10 nitrogen and oxygen atoms in total. The van der Waals surface area contributed by atoms with E-state index in [9.17, 15) is 14.9 Å². The first-order chi connectivity index (χ1) is 21.2. The summed E-state index contributed by atoms with van der Waals surface area (Å²) in [4.78, 5) is 29.1. The molecule has 0 aliphatic heterocycles. The first-order valence-corrected chi connectivity index (χ1v) is 14.9. The van der Waals surface area contributed by atoms with E-state index in [0.717, 1.165) is 5.39 Å². The van der Waals surface area contributed by atoms with Gasteiger partial charge in [-0.05, 0) is 79.9 Å². The molecule has 0 atom stereocenters. The lowest BCUT2D eigenvalue weighted by molar-refractivity contribution is -0.384. The van der Waals surface area contributed by atoms with Gasteiger partial charge in [-0.15, -0.1) is 0 Å². The number of nitro groups is 1. The van der Waals surface area contributed by atoms with Crippen LogP contribution in [0.2, 0.25) is 5.02 Å². The number of furan rings is 1. The van der Waals surface area contributed by atoms with Crippen molar-refractivity contribution >= 4 is 77.2 Å². The van der Waals surface area contributed by atoms with Gasteiger partial charge in [0.05, 0.1) is 33.6 Å². The van der Waals surface area contributed by atoms with E-state index in [1.165, 1.54) is 30.1 Å². The predicted molar refractivity (Wildman–Crippen MR) is 175 cm³/mol. The summed E-state index contributed by atoms with van der Waals surface area (Å²) in [6.07, 6.45) is 1.49. The predicted octanol–water partition coefficient (Wildman–Crippen LogP) is 8.37. The molecular formula is C31H19Br2ClN4O6. The second-order valence-corrected chi connectivity index (χ2v) is 11.5. The Kier molecular flexibility index (Phi) is 8.21. The monoisotopic (exact) mass is 736 g/mol. The first kappa shape index (κ1) is 29.5. The number of nitrogens with zero attached hydrogens (tertiary/aromatic N) is 4. The molecule has 0 saturated carbocycles. The zero-order valence-electron chi connectivity index (χ0n) is 22.7. The zero-order chi connectivity index (χ0) is 31.0. The molecule has 0 aliphatic rings. The van der Waals surface area contributed by atoms with E-state index in [4.69, 9.17) is 30.5 Å². The summed E-state index contributed by atoms with van der Waals surface area (Å²) in [5.74, 6) is 1.28. The number of rotatable bonds is 8.